The van der Waals surface area contributed by atoms with Crippen molar-refractivity contribution in [3.8, 4) is 0 Å². The molecule has 1 aliphatic rings. The van der Waals surface area contributed by atoms with Crippen LogP contribution in [0.4, 0.5) is 0 Å². The quantitative estimate of drug-likeness (QED) is 0.488. The summed E-state index contributed by atoms with van der Waals surface area (Å²) in [5, 5.41) is 8.77. The fourth-order valence-electron chi connectivity index (χ4n) is 0.692. The molecule has 0 aliphatic carbocycles. The van der Waals surface area contributed by atoms with Crippen LogP contribution in [0.1, 0.15) is 6.42 Å². The number of hydrogen-bond acceptors (Lipinski definition) is 2. The van der Waals surface area contributed by atoms with Crippen LogP contribution in [0.25, 0.3) is 0 Å². The Morgan fingerprint density at radius 2 is 2.38 bits per heavy atom. The first-order valence-corrected chi connectivity index (χ1v) is 3.14. The zero-order valence-electron chi connectivity index (χ0n) is 4.51. The van der Waals surface area contributed by atoms with Gasteiger partial charge in [-0.05, 0) is 6.42 Å². The second kappa shape index (κ2) is 2.67. The van der Waals surface area contributed by atoms with Gasteiger partial charge in [-0.25, -0.2) is 0 Å². The van der Waals surface area contributed by atoms with Gasteiger partial charge < -0.3 is 9.84 Å². The average Bonchev–Trinajstić information content (AvgIpc) is 1.77. The highest BCUT2D eigenvalue weighted by Crippen LogP contribution is 2.12. The molecule has 0 bridgehead atoms. The summed E-state index contributed by atoms with van der Waals surface area (Å²) in [6.07, 6.45) is 0.319. The van der Waals surface area contributed by atoms with Gasteiger partial charge in [0, 0.05) is 6.61 Å². The van der Waals surface area contributed by atoms with Crippen LogP contribution in [0.15, 0.2) is 0 Å². The molecule has 0 amide bonds. The van der Waals surface area contributed by atoms with Gasteiger partial charge in [-0.1, -0.05) is 0 Å². The van der Waals surface area contributed by atoms with E-state index in [1.165, 1.54) is 0 Å². The summed E-state index contributed by atoms with van der Waals surface area (Å²) < 4.78 is 4.96. The first-order chi connectivity index (χ1) is 3.80. The summed E-state index contributed by atoms with van der Waals surface area (Å²) in [4.78, 5) is 0. The number of alkyl halides is 1. The molecule has 1 saturated heterocycles. The van der Waals surface area contributed by atoms with E-state index in [4.69, 9.17) is 21.4 Å². The molecule has 1 fully saturated rings. The molecule has 2 atom stereocenters. The van der Waals surface area contributed by atoms with E-state index in [9.17, 15) is 0 Å². The molecule has 1 heterocycles. The minimum Gasteiger partial charge on any atom is -0.391 e. The van der Waals surface area contributed by atoms with Crippen molar-refractivity contribution < 1.29 is 9.84 Å². The van der Waals surface area contributed by atoms with Crippen molar-refractivity contribution in [2.75, 3.05) is 13.2 Å². The molecule has 0 aromatic rings. The smallest absolute Gasteiger partial charge is 0.0829 e. The van der Waals surface area contributed by atoms with Crippen LogP contribution in [-0.2, 0) is 4.74 Å². The van der Waals surface area contributed by atoms with E-state index in [0.717, 1.165) is 0 Å². The van der Waals surface area contributed by atoms with Gasteiger partial charge in [0.15, 0.2) is 0 Å². The fraction of sp³-hybridized carbons (Fsp3) is 1.00. The third-order valence-corrected chi connectivity index (χ3v) is 1.67. The predicted octanol–water partition coefficient (Wildman–Crippen LogP) is 0.375. The molecular formula is C5H9ClO2. The Balaban J connectivity index is 2.28. The average molecular weight is 137 g/mol. The predicted molar refractivity (Wildman–Crippen MR) is 31.1 cm³/mol. The van der Waals surface area contributed by atoms with Gasteiger partial charge in [-0.3, -0.25) is 0 Å². The zero-order valence-corrected chi connectivity index (χ0v) is 5.27. The van der Waals surface area contributed by atoms with E-state index in [0.29, 0.717) is 19.6 Å². The second-order valence-corrected chi connectivity index (χ2v) is 2.51. The van der Waals surface area contributed by atoms with Gasteiger partial charge in [0.05, 0.1) is 18.1 Å². The molecule has 0 radical (unpaired) electrons. The highest BCUT2D eigenvalue weighted by Gasteiger charge is 2.20. The Hall–Kier alpha value is 0.210. The Morgan fingerprint density at radius 1 is 1.62 bits per heavy atom. The molecule has 1 aliphatic heterocycles. The van der Waals surface area contributed by atoms with E-state index >= 15 is 0 Å². The van der Waals surface area contributed by atoms with Crippen molar-refractivity contribution in [3.05, 3.63) is 0 Å². The second-order valence-electron chi connectivity index (χ2n) is 1.95. The standard InChI is InChI=1S/C5H9ClO2/c6-4-3-8-2-1-5(4)7/h4-5,7H,1-3H2/t4-,5+/m1/s1. The van der Waals surface area contributed by atoms with Gasteiger partial charge in [0.2, 0.25) is 0 Å². The van der Waals surface area contributed by atoms with Gasteiger partial charge in [0.25, 0.3) is 0 Å². The maximum Gasteiger partial charge on any atom is 0.0829 e. The zero-order chi connectivity index (χ0) is 5.98. The number of aliphatic hydroxyl groups excluding tert-OH is 1. The third kappa shape index (κ3) is 1.34. The van der Waals surface area contributed by atoms with Crippen LogP contribution in [0.2, 0.25) is 0 Å². The molecule has 3 heteroatoms. The first kappa shape index (κ1) is 6.33. The van der Waals surface area contributed by atoms with Gasteiger partial charge in [0.1, 0.15) is 0 Å². The SMILES string of the molecule is O[C@H]1CCOC[C@H]1Cl. The van der Waals surface area contributed by atoms with Crippen molar-refractivity contribution >= 4 is 11.6 Å². The van der Waals surface area contributed by atoms with Crippen LogP contribution in [-0.4, -0.2) is 29.8 Å². The van der Waals surface area contributed by atoms with Crippen molar-refractivity contribution in [2.24, 2.45) is 0 Å². The lowest BCUT2D eigenvalue weighted by Gasteiger charge is -2.21. The molecular weight excluding hydrogens is 128 g/mol. The lowest BCUT2D eigenvalue weighted by molar-refractivity contribution is 0.0180. The topological polar surface area (TPSA) is 29.5 Å². The Kier molecular flexibility index (Phi) is 2.11. The largest absolute Gasteiger partial charge is 0.391 e. The van der Waals surface area contributed by atoms with Gasteiger partial charge >= 0.3 is 0 Å². The van der Waals surface area contributed by atoms with E-state index < -0.39 is 0 Å². The van der Waals surface area contributed by atoms with Crippen molar-refractivity contribution in [1.82, 2.24) is 0 Å². The molecule has 0 aromatic heterocycles. The molecule has 2 nitrogen and oxygen atoms in total. The number of halogens is 1. The van der Waals surface area contributed by atoms with Crippen LogP contribution in [0, 0.1) is 0 Å². The van der Waals surface area contributed by atoms with Gasteiger partial charge in [-0.15, -0.1) is 11.6 Å². The number of rotatable bonds is 0. The highest BCUT2D eigenvalue weighted by molar-refractivity contribution is 6.21. The molecule has 0 unspecified atom stereocenters. The first-order valence-electron chi connectivity index (χ1n) is 2.70. The maximum absolute atomic E-state index is 8.97. The van der Waals surface area contributed by atoms with E-state index in [1.54, 1.807) is 0 Å². The van der Waals surface area contributed by atoms with Crippen LogP contribution < -0.4 is 0 Å². The van der Waals surface area contributed by atoms with Crippen molar-refractivity contribution in [2.45, 2.75) is 17.9 Å². The lowest BCUT2D eigenvalue weighted by atomic mass is 10.2. The van der Waals surface area contributed by atoms with Crippen molar-refractivity contribution in [3.63, 3.8) is 0 Å². The number of hydrogen-bond donors (Lipinski definition) is 1. The number of aliphatic hydroxyl groups is 1. The Labute approximate surface area is 53.4 Å². The van der Waals surface area contributed by atoms with E-state index in [1.807, 2.05) is 0 Å². The minimum atomic E-state index is -0.356. The van der Waals surface area contributed by atoms with E-state index in [-0.39, 0.29) is 11.5 Å². The summed E-state index contributed by atoms with van der Waals surface area (Å²) in [6, 6.07) is 0. The fourth-order valence-corrected chi connectivity index (χ4v) is 0.907. The maximum atomic E-state index is 8.97. The molecule has 0 saturated carbocycles. The summed E-state index contributed by atoms with van der Waals surface area (Å²) in [5.74, 6) is 0. The molecule has 48 valence electrons. The Bertz CT molecular complexity index is 66.8. The van der Waals surface area contributed by atoms with E-state index in [2.05, 4.69) is 0 Å². The summed E-state index contributed by atoms with van der Waals surface area (Å²) in [6.45, 7) is 1.13. The molecule has 0 spiro atoms. The molecule has 8 heavy (non-hydrogen) atoms. The van der Waals surface area contributed by atoms with Crippen molar-refractivity contribution in [1.29, 1.82) is 0 Å². The monoisotopic (exact) mass is 136 g/mol. The Morgan fingerprint density at radius 3 is 2.75 bits per heavy atom. The molecule has 1 N–H and O–H groups in total. The normalized spacial score (nSPS) is 39.8. The minimum absolute atomic E-state index is 0.191. The third-order valence-electron chi connectivity index (χ3n) is 1.25. The van der Waals surface area contributed by atoms with Crippen LogP contribution in [0.5, 0.6) is 0 Å². The summed E-state index contributed by atoms with van der Waals surface area (Å²) >= 11 is 5.59. The number of ether oxygens (including phenoxy) is 1. The molecule has 0 aromatic carbocycles. The van der Waals surface area contributed by atoms with Crippen LogP contribution >= 0.6 is 11.6 Å². The lowest BCUT2D eigenvalue weighted by Crippen LogP contribution is -2.32. The molecule has 1 rings (SSSR count). The van der Waals surface area contributed by atoms with Gasteiger partial charge in [-0.2, -0.15) is 0 Å². The van der Waals surface area contributed by atoms with Crippen LogP contribution in [0.3, 0.4) is 0 Å². The summed E-state index contributed by atoms with van der Waals surface area (Å²) in [7, 11) is 0. The highest BCUT2D eigenvalue weighted by atomic mass is 35.5. The summed E-state index contributed by atoms with van der Waals surface area (Å²) in [5.41, 5.74) is 0.